The maximum atomic E-state index is 6.22. The van der Waals surface area contributed by atoms with Crippen molar-refractivity contribution < 1.29 is 4.74 Å². The Hall–Kier alpha value is -7.56. The summed E-state index contributed by atoms with van der Waals surface area (Å²) in [5.74, 6) is 0. The van der Waals surface area contributed by atoms with Gasteiger partial charge in [0.05, 0.1) is 23.0 Å². The standard InChI is InChI=1S/C54H43N3O/c1-39-17-15-16-34-58-38-44-36-49(56(45-18-7-4-8-19-45)46-20-9-5-10-21-46)31-33-52(44)55(41(3)35-40(39)2)48-29-26-42(27-30-48)43-28-32-51-50-24-13-14-25-53(50)57(54(51)37-43)47-22-11-6-12-23-47/h4-37H,1,3,38H2,2H3/b17-15-,34-16-,40-35+. The highest BCUT2D eigenvalue weighted by atomic mass is 16.5. The molecule has 0 unspecified atom stereocenters. The number of aromatic nitrogens is 1. The van der Waals surface area contributed by atoms with E-state index in [0.29, 0.717) is 6.61 Å². The third-order valence-electron chi connectivity index (χ3n) is 10.7. The van der Waals surface area contributed by atoms with E-state index in [4.69, 9.17) is 4.74 Å². The van der Waals surface area contributed by atoms with E-state index in [1.54, 1.807) is 6.26 Å². The molecule has 0 aliphatic carbocycles. The van der Waals surface area contributed by atoms with Gasteiger partial charge in [0.1, 0.15) is 6.61 Å². The van der Waals surface area contributed by atoms with Crippen LogP contribution in [0.25, 0.3) is 38.6 Å². The van der Waals surface area contributed by atoms with Crippen LogP contribution < -0.4 is 9.80 Å². The predicted molar refractivity (Wildman–Crippen MR) is 245 cm³/mol. The van der Waals surface area contributed by atoms with E-state index in [1.165, 1.54) is 21.8 Å². The smallest absolute Gasteiger partial charge is 0.114 e. The monoisotopic (exact) mass is 749 g/mol. The quantitative estimate of drug-likeness (QED) is 0.169. The van der Waals surface area contributed by atoms with Gasteiger partial charge in [0.15, 0.2) is 0 Å². The summed E-state index contributed by atoms with van der Waals surface area (Å²) in [6, 6.07) is 62.3. The molecule has 0 fully saturated rings. The summed E-state index contributed by atoms with van der Waals surface area (Å²) < 4.78 is 8.58. The molecule has 9 rings (SSSR count). The molecule has 0 atom stereocenters. The van der Waals surface area contributed by atoms with Crippen molar-refractivity contribution in [2.45, 2.75) is 13.5 Å². The molecular formula is C54H43N3O. The summed E-state index contributed by atoms with van der Waals surface area (Å²) in [7, 11) is 0. The van der Waals surface area contributed by atoms with Gasteiger partial charge in [-0.3, -0.25) is 0 Å². The molecular weight excluding hydrogens is 707 g/mol. The predicted octanol–water partition coefficient (Wildman–Crippen LogP) is 14.7. The summed E-state index contributed by atoms with van der Waals surface area (Å²) in [5.41, 5.74) is 14.7. The van der Waals surface area contributed by atoms with Gasteiger partial charge in [-0.15, -0.1) is 0 Å². The highest BCUT2D eigenvalue weighted by Crippen LogP contribution is 2.41. The zero-order valence-corrected chi connectivity index (χ0v) is 32.5. The summed E-state index contributed by atoms with van der Waals surface area (Å²) in [4.78, 5) is 4.50. The van der Waals surface area contributed by atoms with Crippen LogP contribution in [-0.2, 0) is 11.3 Å². The van der Waals surface area contributed by atoms with Crippen molar-refractivity contribution in [3.05, 3.63) is 242 Å². The van der Waals surface area contributed by atoms with Crippen molar-refractivity contribution in [3.63, 3.8) is 0 Å². The van der Waals surface area contributed by atoms with Crippen molar-refractivity contribution in [1.82, 2.24) is 4.57 Å². The van der Waals surface area contributed by atoms with E-state index in [9.17, 15) is 0 Å². The number of benzene rings is 7. The van der Waals surface area contributed by atoms with Gasteiger partial charge in [-0.05, 0) is 120 Å². The molecule has 0 radical (unpaired) electrons. The maximum Gasteiger partial charge on any atom is 0.114 e. The molecule has 1 aliphatic heterocycles. The second-order valence-electron chi connectivity index (χ2n) is 14.5. The van der Waals surface area contributed by atoms with E-state index in [-0.39, 0.29) is 0 Å². The zero-order valence-electron chi connectivity index (χ0n) is 32.5. The van der Waals surface area contributed by atoms with Gasteiger partial charge < -0.3 is 19.1 Å². The molecule has 280 valence electrons. The molecule has 0 spiro atoms. The molecule has 2 heterocycles. The van der Waals surface area contributed by atoms with Crippen LogP contribution in [0.15, 0.2) is 236 Å². The van der Waals surface area contributed by atoms with Crippen molar-refractivity contribution in [2.24, 2.45) is 0 Å². The highest BCUT2D eigenvalue weighted by molar-refractivity contribution is 6.10. The van der Waals surface area contributed by atoms with Crippen molar-refractivity contribution in [3.8, 4) is 16.8 Å². The lowest BCUT2D eigenvalue weighted by Gasteiger charge is -2.31. The fraction of sp³-hybridized carbons (Fsp3) is 0.0370. The van der Waals surface area contributed by atoms with Gasteiger partial charge in [-0.2, -0.15) is 0 Å². The minimum Gasteiger partial charge on any atom is -0.496 e. The van der Waals surface area contributed by atoms with E-state index in [1.807, 2.05) is 30.4 Å². The third-order valence-corrected chi connectivity index (χ3v) is 10.7. The minimum absolute atomic E-state index is 0.353. The van der Waals surface area contributed by atoms with E-state index >= 15 is 0 Å². The van der Waals surface area contributed by atoms with Crippen LogP contribution in [0.5, 0.6) is 0 Å². The molecule has 0 saturated carbocycles. The molecule has 8 aromatic rings. The van der Waals surface area contributed by atoms with Crippen LogP contribution in [0.2, 0.25) is 0 Å². The number of anilines is 5. The summed E-state index contributed by atoms with van der Waals surface area (Å²) in [6.45, 7) is 11.4. The first kappa shape index (κ1) is 36.1. The molecule has 1 aliphatic rings. The fourth-order valence-corrected chi connectivity index (χ4v) is 7.86. The van der Waals surface area contributed by atoms with E-state index in [2.05, 4.69) is 204 Å². The van der Waals surface area contributed by atoms with Crippen LogP contribution in [0.3, 0.4) is 0 Å². The van der Waals surface area contributed by atoms with Gasteiger partial charge in [0.2, 0.25) is 0 Å². The molecule has 0 N–H and O–H groups in total. The van der Waals surface area contributed by atoms with Gasteiger partial charge in [0.25, 0.3) is 0 Å². The lowest BCUT2D eigenvalue weighted by molar-refractivity contribution is 0.237. The lowest BCUT2D eigenvalue weighted by atomic mass is 10.0. The van der Waals surface area contributed by atoms with Gasteiger partial charge in [-0.1, -0.05) is 122 Å². The molecule has 7 aromatic carbocycles. The van der Waals surface area contributed by atoms with Crippen molar-refractivity contribution >= 4 is 50.2 Å². The number of allylic oxidation sites excluding steroid dienone is 6. The zero-order chi connectivity index (χ0) is 39.4. The molecule has 4 heteroatoms. The topological polar surface area (TPSA) is 20.6 Å². The molecule has 58 heavy (non-hydrogen) atoms. The second kappa shape index (κ2) is 15.9. The Bertz CT molecular complexity index is 2830. The average molecular weight is 750 g/mol. The molecule has 1 aromatic heterocycles. The Morgan fingerprint density at radius 3 is 1.91 bits per heavy atom. The maximum absolute atomic E-state index is 6.22. The lowest BCUT2D eigenvalue weighted by Crippen LogP contribution is -2.18. The Labute approximate surface area is 340 Å². The van der Waals surface area contributed by atoms with Crippen LogP contribution in [0, 0.1) is 0 Å². The van der Waals surface area contributed by atoms with Gasteiger partial charge >= 0.3 is 0 Å². The number of fused-ring (bicyclic) bond motifs is 4. The Morgan fingerprint density at radius 1 is 0.552 bits per heavy atom. The number of rotatable bonds is 6. The molecule has 0 saturated heterocycles. The Morgan fingerprint density at radius 2 is 1.19 bits per heavy atom. The minimum atomic E-state index is 0.353. The van der Waals surface area contributed by atoms with Gasteiger partial charge in [-0.25, -0.2) is 0 Å². The fourth-order valence-electron chi connectivity index (χ4n) is 7.86. The Balaban J connectivity index is 1.16. The van der Waals surface area contributed by atoms with E-state index < -0.39 is 0 Å². The average Bonchev–Trinajstić information content (AvgIpc) is 3.60. The summed E-state index contributed by atoms with van der Waals surface area (Å²) in [5, 5.41) is 2.47. The molecule has 0 bridgehead atoms. The number of para-hydroxylation sites is 4. The number of nitrogens with zero attached hydrogens (tertiary/aromatic N) is 3. The number of hydrogen-bond donors (Lipinski definition) is 0. The Kier molecular flexibility index (Phi) is 9.89. The van der Waals surface area contributed by atoms with Crippen LogP contribution in [0.1, 0.15) is 12.5 Å². The van der Waals surface area contributed by atoms with Crippen LogP contribution in [-0.4, -0.2) is 4.57 Å². The van der Waals surface area contributed by atoms with Crippen LogP contribution in [0.4, 0.5) is 28.4 Å². The SMILES string of the molecule is C=C1/C=C\C=C/OCc2cc(N(c3ccccc3)c3ccccc3)ccc2N(c2ccc(-c3ccc4c5ccccc5n(-c5ccccc5)c4c3)cc2)C(=C)/C=C/1C. The first-order valence-electron chi connectivity index (χ1n) is 19.6. The second-order valence-corrected chi connectivity index (χ2v) is 14.5. The first-order valence-corrected chi connectivity index (χ1v) is 19.6. The number of hydrogen-bond acceptors (Lipinski definition) is 3. The summed E-state index contributed by atoms with van der Waals surface area (Å²) in [6.07, 6.45) is 9.70. The van der Waals surface area contributed by atoms with Gasteiger partial charge in [0, 0.05) is 50.5 Å². The normalized spacial score (nSPS) is 15.3. The molecule has 4 nitrogen and oxygen atoms in total. The molecule has 0 amide bonds. The van der Waals surface area contributed by atoms with Crippen molar-refractivity contribution in [1.29, 1.82) is 0 Å². The first-order chi connectivity index (χ1) is 28.5. The largest absolute Gasteiger partial charge is 0.496 e. The summed E-state index contributed by atoms with van der Waals surface area (Å²) >= 11 is 0. The van der Waals surface area contributed by atoms with Crippen molar-refractivity contribution in [2.75, 3.05) is 9.80 Å². The number of ether oxygens (including phenoxy) is 1. The third kappa shape index (κ3) is 7.04. The van der Waals surface area contributed by atoms with E-state index in [0.717, 1.165) is 67.7 Å². The van der Waals surface area contributed by atoms with Crippen LogP contribution >= 0.6 is 0 Å². The highest BCUT2D eigenvalue weighted by Gasteiger charge is 2.21.